The first-order chi connectivity index (χ1) is 12.9. The molecule has 0 atom stereocenters. The number of alkyl halides is 3. The topological polar surface area (TPSA) is 54.9 Å². The highest BCUT2D eigenvalue weighted by Crippen LogP contribution is 2.16. The van der Waals surface area contributed by atoms with Crippen LogP contribution in [0.5, 0.6) is 0 Å². The fraction of sp³-hybridized carbons (Fsp3) is 0.632. The maximum absolute atomic E-state index is 12.1. The molecule has 154 valence electrons. The monoisotopic (exact) mass is 389 g/mol. The highest BCUT2D eigenvalue weighted by Gasteiger charge is 2.27. The van der Waals surface area contributed by atoms with E-state index >= 15 is 0 Å². The number of halogens is 3. The predicted molar refractivity (Wildman–Crippen MR) is 101 cm³/mol. The lowest BCUT2D eigenvalue weighted by atomic mass is 10.1. The van der Waals surface area contributed by atoms with Crippen LogP contribution >= 0.6 is 0 Å². The molecule has 8 heteroatoms. The number of guanidine groups is 1. The van der Waals surface area contributed by atoms with Crippen molar-refractivity contribution in [3.63, 3.8) is 0 Å². The number of nitrogens with zero attached hydrogens (tertiary/aromatic N) is 1. The standard InChI is InChI=1S/C19H30F3N3O2/c1-3-5-11-26-12-10-24-18(23-4-2)25-13-16-6-8-17(9-7-16)14-27-15-19(20,21)22/h6-9H,3-5,10-15H2,1-2H3,(H2,23,24,25). The third-order valence-corrected chi connectivity index (χ3v) is 3.50. The quantitative estimate of drug-likeness (QED) is 0.326. The summed E-state index contributed by atoms with van der Waals surface area (Å²) in [5.74, 6) is 0.703. The number of rotatable bonds is 12. The van der Waals surface area contributed by atoms with Crippen LogP contribution in [0.1, 0.15) is 37.8 Å². The Morgan fingerprint density at radius 1 is 1.00 bits per heavy atom. The van der Waals surface area contributed by atoms with E-state index in [0.29, 0.717) is 31.2 Å². The van der Waals surface area contributed by atoms with E-state index < -0.39 is 12.8 Å². The van der Waals surface area contributed by atoms with E-state index in [1.165, 1.54) is 0 Å². The molecule has 0 saturated heterocycles. The molecule has 0 spiro atoms. The minimum atomic E-state index is -4.30. The second-order valence-corrected chi connectivity index (χ2v) is 6.01. The molecule has 0 bridgehead atoms. The molecule has 1 aromatic rings. The Morgan fingerprint density at radius 3 is 2.33 bits per heavy atom. The zero-order valence-corrected chi connectivity index (χ0v) is 16.1. The van der Waals surface area contributed by atoms with Gasteiger partial charge in [-0.1, -0.05) is 37.6 Å². The second kappa shape index (κ2) is 13.4. The minimum absolute atomic E-state index is 0.0642. The Bertz CT molecular complexity index is 534. The molecule has 0 fully saturated rings. The molecule has 0 amide bonds. The summed E-state index contributed by atoms with van der Waals surface area (Å²) in [6, 6.07) is 7.19. The first kappa shape index (κ1) is 23.2. The lowest BCUT2D eigenvalue weighted by molar-refractivity contribution is -0.176. The lowest BCUT2D eigenvalue weighted by Gasteiger charge is -2.11. The van der Waals surface area contributed by atoms with Crippen molar-refractivity contribution in [1.29, 1.82) is 0 Å². The summed E-state index contributed by atoms with van der Waals surface area (Å²) < 4.78 is 46.4. The Hall–Kier alpha value is -1.80. The molecule has 1 rings (SSSR count). The van der Waals surface area contributed by atoms with Crippen molar-refractivity contribution in [2.75, 3.05) is 32.9 Å². The zero-order valence-electron chi connectivity index (χ0n) is 16.1. The van der Waals surface area contributed by atoms with E-state index in [0.717, 1.165) is 31.6 Å². The zero-order chi connectivity index (χ0) is 20.0. The van der Waals surface area contributed by atoms with Crippen molar-refractivity contribution < 1.29 is 22.6 Å². The van der Waals surface area contributed by atoms with E-state index in [4.69, 9.17) is 4.74 Å². The maximum atomic E-state index is 12.1. The lowest BCUT2D eigenvalue weighted by Crippen LogP contribution is -2.39. The molecule has 2 N–H and O–H groups in total. The molecule has 0 aliphatic rings. The van der Waals surface area contributed by atoms with E-state index in [1.807, 2.05) is 19.1 Å². The average molecular weight is 389 g/mol. The molecular weight excluding hydrogens is 359 g/mol. The van der Waals surface area contributed by atoms with E-state index in [-0.39, 0.29) is 6.61 Å². The first-order valence-electron chi connectivity index (χ1n) is 9.26. The number of nitrogens with one attached hydrogen (secondary N) is 2. The van der Waals surface area contributed by atoms with E-state index in [1.54, 1.807) is 12.1 Å². The fourth-order valence-corrected chi connectivity index (χ4v) is 2.13. The SMILES string of the molecule is CCCCOCCNC(=NCc1ccc(COCC(F)(F)F)cc1)NCC. The number of benzene rings is 1. The van der Waals surface area contributed by atoms with Gasteiger partial charge in [0.2, 0.25) is 0 Å². The second-order valence-electron chi connectivity index (χ2n) is 6.01. The molecule has 0 radical (unpaired) electrons. The summed E-state index contributed by atoms with van der Waals surface area (Å²) in [6.07, 6.45) is -2.12. The minimum Gasteiger partial charge on any atom is -0.380 e. The Balaban J connectivity index is 2.39. The summed E-state index contributed by atoms with van der Waals surface area (Å²) in [6.45, 7) is 6.09. The average Bonchev–Trinajstić information content (AvgIpc) is 2.62. The van der Waals surface area contributed by atoms with Gasteiger partial charge in [-0.25, -0.2) is 4.99 Å². The Morgan fingerprint density at radius 2 is 1.70 bits per heavy atom. The van der Waals surface area contributed by atoms with Gasteiger partial charge in [0.1, 0.15) is 6.61 Å². The molecule has 0 aliphatic carbocycles. The molecule has 0 aromatic heterocycles. The predicted octanol–water partition coefficient (Wildman–Crippen LogP) is 3.64. The van der Waals surface area contributed by atoms with Gasteiger partial charge in [0.25, 0.3) is 0 Å². The number of hydrogen-bond acceptors (Lipinski definition) is 3. The van der Waals surface area contributed by atoms with Crippen LogP contribution in [0.4, 0.5) is 13.2 Å². The van der Waals surface area contributed by atoms with Gasteiger partial charge < -0.3 is 20.1 Å². The molecule has 0 unspecified atom stereocenters. The molecule has 0 heterocycles. The number of aliphatic imine (C=N–C) groups is 1. The summed E-state index contributed by atoms with van der Waals surface area (Å²) in [4.78, 5) is 4.50. The highest BCUT2D eigenvalue weighted by atomic mass is 19.4. The van der Waals surface area contributed by atoms with Gasteiger partial charge in [-0.15, -0.1) is 0 Å². The highest BCUT2D eigenvalue weighted by molar-refractivity contribution is 5.79. The van der Waals surface area contributed by atoms with Crippen LogP contribution < -0.4 is 10.6 Å². The maximum Gasteiger partial charge on any atom is 0.411 e. The third kappa shape index (κ3) is 12.3. The number of unbranched alkanes of at least 4 members (excludes halogenated alkanes) is 1. The molecule has 27 heavy (non-hydrogen) atoms. The van der Waals surface area contributed by atoms with Crippen molar-refractivity contribution in [3.8, 4) is 0 Å². The van der Waals surface area contributed by atoms with Gasteiger partial charge >= 0.3 is 6.18 Å². The molecule has 5 nitrogen and oxygen atoms in total. The van der Waals surface area contributed by atoms with Gasteiger partial charge in [0, 0.05) is 19.7 Å². The molecule has 0 saturated carbocycles. The summed E-state index contributed by atoms with van der Waals surface area (Å²) in [5.41, 5.74) is 1.66. The number of hydrogen-bond donors (Lipinski definition) is 2. The van der Waals surface area contributed by atoms with Crippen molar-refractivity contribution in [2.24, 2.45) is 4.99 Å². The first-order valence-corrected chi connectivity index (χ1v) is 9.26. The van der Waals surface area contributed by atoms with Crippen molar-refractivity contribution in [1.82, 2.24) is 10.6 Å². The largest absolute Gasteiger partial charge is 0.411 e. The van der Waals surface area contributed by atoms with Gasteiger partial charge in [0.05, 0.1) is 19.8 Å². The van der Waals surface area contributed by atoms with E-state index in [9.17, 15) is 13.2 Å². The van der Waals surface area contributed by atoms with Gasteiger partial charge in [-0.3, -0.25) is 0 Å². The fourth-order valence-electron chi connectivity index (χ4n) is 2.13. The Kier molecular flexibility index (Phi) is 11.5. The van der Waals surface area contributed by atoms with Crippen molar-refractivity contribution >= 4 is 5.96 Å². The summed E-state index contributed by atoms with van der Waals surface area (Å²) >= 11 is 0. The van der Waals surface area contributed by atoms with Gasteiger partial charge in [-0.05, 0) is 24.5 Å². The Labute approximate surface area is 159 Å². The van der Waals surface area contributed by atoms with Crippen LogP contribution in [0, 0.1) is 0 Å². The van der Waals surface area contributed by atoms with Crippen molar-refractivity contribution in [3.05, 3.63) is 35.4 Å². The van der Waals surface area contributed by atoms with Gasteiger partial charge in [-0.2, -0.15) is 13.2 Å². The van der Waals surface area contributed by atoms with Crippen LogP contribution in [0.2, 0.25) is 0 Å². The normalized spacial score (nSPS) is 12.3. The van der Waals surface area contributed by atoms with Crippen LogP contribution in [-0.4, -0.2) is 45.0 Å². The number of ether oxygens (including phenoxy) is 2. The van der Waals surface area contributed by atoms with E-state index in [2.05, 4.69) is 27.3 Å². The summed E-state index contributed by atoms with van der Waals surface area (Å²) in [5, 5.41) is 6.37. The molecule has 1 aromatic carbocycles. The van der Waals surface area contributed by atoms with Gasteiger partial charge in [0.15, 0.2) is 5.96 Å². The third-order valence-electron chi connectivity index (χ3n) is 3.50. The van der Waals surface area contributed by atoms with Crippen LogP contribution in [-0.2, 0) is 22.6 Å². The van der Waals surface area contributed by atoms with Crippen molar-refractivity contribution in [2.45, 2.75) is 46.0 Å². The molecule has 0 aliphatic heterocycles. The smallest absolute Gasteiger partial charge is 0.380 e. The van der Waals surface area contributed by atoms with Crippen LogP contribution in [0.3, 0.4) is 0 Å². The van der Waals surface area contributed by atoms with Crippen LogP contribution in [0.15, 0.2) is 29.3 Å². The summed E-state index contributed by atoms with van der Waals surface area (Å²) in [7, 11) is 0. The molecular formula is C19H30F3N3O2. The van der Waals surface area contributed by atoms with Crippen LogP contribution in [0.25, 0.3) is 0 Å².